The number of hydrogen-bond acceptors (Lipinski definition) is 3. The molecule has 3 aliphatic rings. The zero-order chi connectivity index (χ0) is 38.6. The zero-order valence-electron chi connectivity index (χ0n) is 32.4. The maximum absolute atomic E-state index is 6.55. The van der Waals surface area contributed by atoms with Gasteiger partial charge in [0.1, 0.15) is 0 Å². The summed E-state index contributed by atoms with van der Waals surface area (Å²) in [5.41, 5.74) is 19.1. The number of rotatable bonds is 7. The van der Waals surface area contributed by atoms with Crippen LogP contribution in [0.15, 0.2) is 199 Å². The first-order chi connectivity index (χ1) is 28.7. The molecule has 0 spiro atoms. The van der Waals surface area contributed by atoms with Crippen LogP contribution in [-0.2, 0) is 6.42 Å². The molecule has 3 N–H and O–H groups in total. The van der Waals surface area contributed by atoms with Crippen molar-refractivity contribution in [1.82, 2.24) is 9.99 Å². The number of hydrazine groups is 1. The SMILES string of the molecule is NN/C(=C\Cc1ccccc1-c1ccccc1)c1cc(N2c3ccccc3C3C4=C(CC=CC32)CCC=C4)cc(-n2c3ccccc3c3c4ccccc4ccc32)c1. The molecule has 0 bridgehead atoms. The fourth-order valence-corrected chi connectivity index (χ4v) is 10.1. The van der Waals surface area contributed by atoms with Gasteiger partial charge in [0.2, 0.25) is 0 Å². The lowest BCUT2D eigenvalue weighted by Crippen LogP contribution is -2.29. The van der Waals surface area contributed by atoms with Crippen molar-refractivity contribution >= 4 is 49.7 Å². The third-order valence-electron chi connectivity index (χ3n) is 12.6. The smallest absolute Gasteiger partial charge is 0.0632 e. The molecule has 2 aliphatic carbocycles. The van der Waals surface area contributed by atoms with Gasteiger partial charge in [-0.3, -0.25) is 5.84 Å². The number of para-hydroxylation sites is 2. The van der Waals surface area contributed by atoms with E-state index in [2.05, 4.69) is 203 Å². The van der Waals surface area contributed by atoms with Crippen molar-refractivity contribution in [2.24, 2.45) is 5.84 Å². The Labute approximate surface area is 339 Å². The highest BCUT2D eigenvalue weighted by Crippen LogP contribution is 2.52. The minimum Gasteiger partial charge on any atom is -0.333 e. The fourth-order valence-electron chi connectivity index (χ4n) is 10.1. The number of fused-ring (bicyclic) bond motifs is 9. The van der Waals surface area contributed by atoms with Gasteiger partial charge in [0.05, 0.1) is 22.8 Å². The van der Waals surface area contributed by atoms with E-state index in [0.29, 0.717) is 0 Å². The molecule has 280 valence electrons. The Bertz CT molecular complexity index is 3020. The molecule has 0 radical (unpaired) electrons. The lowest BCUT2D eigenvalue weighted by molar-refractivity contribution is 0.719. The van der Waals surface area contributed by atoms with Gasteiger partial charge in [-0.15, -0.1) is 0 Å². The summed E-state index contributed by atoms with van der Waals surface area (Å²) in [6, 6.07) is 57.7. The summed E-state index contributed by atoms with van der Waals surface area (Å²) in [7, 11) is 0. The predicted molar refractivity (Wildman–Crippen MR) is 243 cm³/mol. The zero-order valence-corrected chi connectivity index (χ0v) is 32.4. The molecule has 1 aliphatic heterocycles. The van der Waals surface area contributed by atoms with Crippen LogP contribution in [0.5, 0.6) is 0 Å². The summed E-state index contributed by atoms with van der Waals surface area (Å²) in [6.45, 7) is 0. The molecule has 2 atom stereocenters. The van der Waals surface area contributed by atoms with Gasteiger partial charge in [-0.05, 0) is 101 Å². The minimum atomic E-state index is 0.133. The number of hydrogen-bond donors (Lipinski definition) is 2. The maximum Gasteiger partial charge on any atom is 0.0632 e. The molecule has 0 saturated heterocycles. The van der Waals surface area contributed by atoms with E-state index >= 15 is 0 Å². The van der Waals surface area contributed by atoms with E-state index < -0.39 is 0 Å². The second-order valence-corrected chi connectivity index (χ2v) is 15.8. The van der Waals surface area contributed by atoms with E-state index in [1.807, 2.05) is 0 Å². The van der Waals surface area contributed by atoms with Gasteiger partial charge in [-0.1, -0.05) is 157 Å². The summed E-state index contributed by atoms with van der Waals surface area (Å²) >= 11 is 0. The van der Waals surface area contributed by atoms with Crippen LogP contribution in [0.3, 0.4) is 0 Å². The van der Waals surface area contributed by atoms with E-state index in [-0.39, 0.29) is 12.0 Å². The third kappa shape index (κ3) is 5.63. The average Bonchev–Trinajstić information content (AvgIpc) is 3.73. The van der Waals surface area contributed by atoms with Crippen molar-refractivity contribution in [2.45, 2.75) is 37.6 Å². The Kier molecular flexibility index (Phi) is 8.45. The molecule has 11 rings (SSSR count). The lowest BCUT2D eigenvalue weighted by Gasteiger charge is -2.30. The molecule has 4 heteroatoms. The first-order valence-electron chi connectivity index (χ1n) is 20.6. The summed E-state index contributed by atoms with van der Waals surface area (Å²) < 4.78 is 2.45. The second-order valence-electron chi connectivity index (χ2n) is 15.8. The van der Waals surface area contributed by atoms with E-state index in [1.165, 1.54) is 66.1 Å². The molecule has 2 unspecified atom stereocenters. The number of nitrogens with zero attached hydrogens (tertiary/aromatic N) is 2. The number of nitrogens with one attached hydrogen (secondary N) is 1. The molecule has 0 fully saturated rings. The molecule has 0 amide bonds. The van der Waals surface area contributed by atoms with Crippen molar-refractivity contribution in [3.8, 4) is 16.8 Å². The highest BCUT2D eigenvalue weighted by atomic mass is 15.2. The molecular weight excluding hydrogens is 705 g/mol. The highest BCUT2D eigenvalue weighted by Gasteiger charge is 2.41. The Morgan fingerprint density at radius 3 is 2.40 bits per heavy atom. The normalized spacial score (nSPS) is 17.5. The van der Waals surface area contributed by atoms with Crippen LogP contribution in [0.4, 0.5) is 11.4 Å². The fraction of sp³-hybridized carbons (Fsp3) is 0.111. The number of aromatic nitrogens is 1. The number of anilines is 2. The Morgan fingerprint density at radius 1 is 0.707 bits per heavy atom. The van der Waals surface area contributed by atoms with E-state index in [9.17, 15) is 0 Å². The van der Waals surface area contributed by atoms with Crippen LogP contribution in [0.25, 0.3) is 55.1 Å². The number of nitrogens with two attached hydrogens (primary N) is 1. The highest BCUT2D eigenvalue weighted by molar-refractivity contribution is 6.21. The monoisotopic (exact) mass is 748 g/mol. The standard InChI is InChI=1S/C54H44N4/c55-56-48(31-29-38-18-4-7-21-43(38)36-15-2-1-3-16-36)40-33-41(57-49-26-12-10-24-46(49)53-44-22-8-5-17-37(44)20-14-28-51(53)57)35-42(34-40)58-50-27-13-11-25-47(50)54-45-23-9-6-19-39(45)30-32-52(54)58/h1-4,6-16,18-19,21-28,30-35,51,53,56H,5,17,20,29,55H2/b48-31-. The van der Waals surface area contributed by atoms with Gasteiger partial charge in [0, 0.05) is 39.3 Å². The lowest BCUT2D eigenvalue weighted by atomic mass is 9.82. The van der Waals surface area contributed by atoms with Gasteiger partial charge in [-0.2, -0.15) is 0 Å². The van der Waals surface area contributed by atoms with E-state index in [4.69, 9.17) is 5.84 Å². The van der Waals surface area contributed by atoms with Gasteiger partial charge < -0.3 is 14.9 Å². The van der Waals surface area contributed by atoms with Crippen molar-refractivity contribution in [2.75, 3.05) is 4.90 Å². The summed E-state index contributed by atoms with van der Waals surface area (Å²) in [5.74, 6) is 6.80. The second kappa shape index (κ2) is 14.3. The number of benzene rings is 7. The molecule has 2 heterocycles. The van der Waals surface area contributed by atoms with Crippen LogP contribution in [-0.4, -0.2) is 10.6 Å². The van der Waals surface area contributed by atoms with Crippen molar-refractivity contribution in [3.05, 3.63) is 216 Å². The molecule has 58 heavy (non-hydrogen) atoms. The molecule has 8 aromatic rings. The Morgan fingerprint density at radius 2 is 1.48 bits per heavy atom. The first kappa shape index (κ1) is 34.4. The largest absolute Gasteiger partial charge is 0.333 e. The van der Waals surface area contributed by atoms with E-state index in [1.54, 1.807) is 5.57 Å². The summed E-state index contributed by atoms with van der Waals surface area (Å²) in [4.78, 5) is 2.59. The van der Waals surface area contributed by atoms with Crippen LogP contribution >= 0.6 is 0 Å². The Hall–Kier alpha value is -6.88. The number of allylic oxidation sites excluding steroid dienone is 5. The van der Waals surface area contributed by atoms with Crippen molar-refractivity contribution < 1.29 is 0 Å². The Balaban J connectivity index is 1.13. The van der Waals surface area contributed by atoms with Gasteiger partial charge in [0.15, 0.2) is 0 Å². The quantitative estimate of drug-likeness (QED) is 0.0969. The van der Waals surface area contributed by atoms with Crippen molar-refractivity contribution in [3.63, 3.8) is 0 Å². The third-order valence-corrected chi connectivity index (χ3v) is 12.6. The average molecular weight is 749 g/mol. The molecule has 0 saturated carbocycles. The van der Waals surface area contributed by atoms with Crippen LogP contribution in [0.2, 0.25) is 0 Å². The van der Waals surface area contributed by atoms with E-state index in [0.717, 1.165) is 48.3 Å². The van der Waals surface area contributed by atoms with Crippen LogP contribution < -0.4 is 16.2 Å². The van der Waals surface area contributed by atoms with Crippen molar-refractivity contribution in [1.29, 1.82) is 0 Å². The maximum atomic E-state index is 6.55. The van der Waals surface area contributed by atoms with Crippen LogP contribution in [0, 0.1) is 0 Å². The topological polar surface area (TPSA) is 46.2 Å². The molecular formula is C54H44N4. The summed E-state index contributed by atoms with van der Waals surface area (Å²) in [5, 5.41) is 5.02. The minimum absolute atomic E-state index is 0.133. The predicted octanol–water partition coefficient (Wildman–Crippen LogP) is 12.9. The first-order valence-corrected chi connectivity index (χ1v) is 20.6. The van der Waals surface area contributed by atoms with Gasteiger partial charge in [0.25, 0.3) is 0 Å². The summed E-state index contributed by atoms with van der Waals surface area (Å²) in [6.07, 6.45) is 15.9. The molecule has 1 aromatic heterocycles. The molecule has 4 nitrogen and oxygen atoms in total. The van der Waals surface area contributed by atoms with Gasteiger partial charge in [-0.25, -0.2) is 0 Å². The van der Waals surface area contributed by atoms with Gasteiger partial charge >= 0.3 is 0 Å². The molecule has 7 aromatic carbocycles. The van der Waals surface area contributed by atoms with Crippen LogP contribution in [0.1, 0.15) is 41.9 Å².